The van der Waals surface area contributed by atoms with Crippen LogP contribution in [0.25, 0.3) is 16.6 Å². The molecule has 0 N–H and O–H groups in total. The number of benzene rings is 2. The minimum atomic E-state index is 0.846. The Kier molecular flexibility index (Phi) is 2.84. The number of halogens is 1. The van der Waals surface area contributed by atoms with Gasteiger partial charge in [0.1, 0.15) is 5.75 Å². The highest BCUT2D eigenvalue weighted by Gasteiger charge is 2.07. The van der Waals surface area contributed by atoms with Gasteiger partial charge in [0.25, 0.3) is 0 Å². The zero-order valence-electron chi connectivity index (χ0n) is 9.93. The molecule has 0 radical (unpaired) electrons. The molecule has 3 rings (SSSR count). The summed E-state index contributed by atoms with van der Waals surface area (Å²) in [4.78, 5) is 0. The predicted molar refractivity (Wildman–Crippen MR) is 77.5 cm³/mol. The number of fused-ring (bicyclic) bond motifs is 1. The SMILES string of the molecule is COc1cc2c(ccn2-c2ccccc2)cc1Br. The highest BCUT2D eigenvalue weighted by atomic mass is 79.9. The first-order chi connectivity index (χ1) is 8.79. The van der Waals surface area contributed by atoms with Crippen LogP contribution in [-0.2, 0) is 0 Å². The molecule has 0 saturated heterocycles. The van der Waals surface area contributed by atoms with Crippen LogP contribution in [0.1, 0.15) is 0 Å². The van der Waals surface area contributed by atoms with Crippen LogP contribution in [0.5, 0.6) is 5.75 Å². The maximum Gasteiger partial charge on any atom is 0.135 e. The van der Waals surface area contributed by atoms with E-state index in [1.165, 1.54) is 5.39 Å². The Morgan fingerprint density at radius 2 is 1.83 bits per heavy atom. The second-order valence-electron chi connectivity index (χ2n) is 4.07. The number of hydrogen-bond acceptors (Lipinski definition) is 1. The van der Waals surface area contributed by atoms with Crippen molar-refractivity contribution >= 4 is 26.8 Å². The van der Waals surface area contributed by atoms with Gasteiger partial charge in [0, 0.05) is 23.3 Å². The summed E-state index contributed by atoms with van der Waals surface area (Å²) in [5.41, 5.74) is 2.29. The molecule has 0 aliphatic rings. The van der Waals surface area contributed by atoms with Gasteiger partial charge in [-0.2, -0.15) is 0 Å². The normalized spacial score (nSPS) is 10.8. The van der Waals surface area contributed by atoms with Crippen LogP contribution in [0, 0.1) is 0 Å². The molecule has 2 nitrogen and oxygen atoms in total. The van der Waals surface area contributed by atoms with Gasteiger partial charge in [0.2, 0.25) is 0 Å². The van der Waals surface area contributed by atoms with Crippen LogP contribution in [0.3, 0.4) is 0 Å². The second-order valence-corrected chi connectivity index (χ2v) is 4.92. The summed E-state index contributed by atoms with van der Waals surface area (Å²) >= 11 is 3.51. The Balaban J connectivity index is 2.26. The Hall–Kier alpha value is -1.74. The van der Waals surface area contributed by atoms with Crippen molar-refractivity contribution in [3.05, 3.63) is 59.2 Å². The molecule has 0 unspecified atom stereocenters. The molecule has 3 aromatic rings. The van der Waals surface area contributed by atoms with Gasteiger partial charge < -0.3 is 9.30 Å². The number of para-hydroxylation sites is 1. The van der Waals surface area contributed by atoms with Crippen molar-refractivity contribution in [3.8, 4) is 11.4 Å². The molecule has 1 aromatic heterocycles. The summed E-state index contributed by atoms with van der Waals surface area (Å²) in [5.74, 6) is 0.846. The van der Waals surface area contributed by atoms with Crippen molar-refractivity contribution in [1.82, 2.24) is 4.57 Å². The number of nitrogens with zero attached hydrogens (tertiary/aromatic N) is 1. The minimum absolute atomic E-state index is 0.846. The largest absolute Gasteiger partial charge is 0.495 e. The van der Waals surface area contributed by atoms with Crippen molar-refractivity contribution in [2.45, 2.75) is 0 Å². The van der Waals surface area contributed by atoms with Crippen molar-refractivity contribution < 1.29 is 4.74 Å². The lowest BCUT2D eigenvalue weighted by molar-refractivity contribution is 0.412. The van der Waals surface area contributed by atoms with Crippen molar-refractivity contribution in [3.63, 3.8) is 0 Å². The zero-order chi connectivity index (χ0) is 12.5. The Bertz CT molecular complexity index is 688. The van der Waals surface area contributed by atoms with E-state index >= 15 is 0 Å². The van der Waals surface area contributed by atoms with Gasteiger partial charge in [0.15, 0.2) is 0 Å². The number of methoxy groups -OCH3 is 1. The topological polar surface area (TPSA) is 14.2 Å². The van der Waals surface area contributed by atoms with E-state index in [0.717, 1.165) is 21.4 Å². The molecule has 18 heavy (non-hydrogen) atoms. The molecule has 0 spiro atoms. The lowest BCUT2D eigenvalue weighted by Crippen LogP contribution is -1.92. The molecule has 90 valence electrons. The third-order valence-electron chi connectivity index (χ3n) is 3.00. The van der Waals surface area contributed by atoms with Gasteiger partial charge in [-0.15, -0.1) is 0 Å². The van der Waals surface area contributed by atoms with Crippen LogP contribution in [-0.4, -0.2) is 11.7 Å². The van der Waals surface area contributed by atoms with E-state index < -0.39 is 0 Å². The van der Waals surface area contributed by atoms with Gasteiger partial charge in [-0.1, -0.05) is 18.2 Å². The summed E-state index contributed by atoms with van der Waals surface area (Å²) < 4.78 is 8.49. The fourth-order valence-corrected chi connectivity index (χ4v) is 2.63. The molecular formula is C15H12BrNO. The van der Waals surface area contributed by atoms with E-state index in [9.17, 15) is 0 Å². The third-order valence-corrected chi connectivity index (χ3v) is 3.62. The summed E-state index contributed by atoms with van der Waals surface area (Å²) in [6.07, 6.45) is 2.08. The highest BCUT2D eigenvalue weighted by molar-refractivity contribution is 9.10. The molecule has 1 heterocycles. The maximum absolute atomic E-state index is 5.35. The molecule has 0 amide bonds. The summed E-state index contributed by atoms with van der Waals surface area (Å²) in [6, 6.07) is 16.5. The summed E-state index contributed by atoms with van der Waals surface area (Å²) in [6.45, 7) is 0. The van der Waals surface area contributed by atoms with E-state index in [1.54, 1.807) is 7.11 Å². The average Bonchev–Trinajstić information content (AvgIpc) is 2.81. The molecule has 0 bridgehead atoms. The van der Waals surface area contributed by atoms with Gasteiger partial charge in [-0.05, 0) is 40.2 Å². The molecule has 0 aliphatic carbocycles. The van der Waals surface area contributed by atoms with Crippen LogP contribution < -0.4 is 4.74 Å². The van der Waals surface area contributed by atoms with E-state index in [0.29, 0.717) is 0 Å². The van der Waals surface area contributed by atoms with Crippen molar-refractivity contribution in [1.29, 1.82) is 0 Å². The quantitative estimate of drug-likeness (QED) is 0.684. The fourth-order valence-electron chi connectivity index (χ4n) is 2.11. The van der Waals surface area contributed by atoms with Gasteiger partial charge in [-0.25, -0.2) is 0 Å². The Labute approximate surface area is 114 Å². The van der Waals surface area contributed by atoms with E-state index in [4.69, 9.17) is 4.74 Å². The standard InChI is InChI=1S/C15H12BrNO/c1-18-15-10-14-11(9-13(15)16)7-8-17(14)12-5-3-2-4-6-12/h2-10H,1H3. The maximum atomic E-state index is 5.35. The molecular weight excluding hydrogens is 290 g/mol. The highest BCUT2D eigenvalue weighted by Crippen LogP contribution is 2.31. The smallest absolute Gasteiger partial charge is 0.135 e. The van der Waals surface area contributed by atoms with Crippen LogP contribution >= 0.6 is 15.9 Å². The zero-order valence-corrected chi connectivity index (χ0v) is 11.5. The van der Waals surface area contributed by atoms with Crippen LogP contribution in [0.2, 0.25) is 0 Å². The number of hydrogen-bond donors (Lipinski definition) is 0. The summed E-state index contributed by atoms with van der Waals surface area (Å²) in [7, 11) is 1.68. The van der Waals surface area contributed by atoms with Crippen LogP contribution in [0.4, 0.5) is 0 Å². The first-order valence-corrected chi connectivity index (χ1v) is 6.49. The van der Waals surface area contributed by atoms with Gasteiger partial charge in [-0.3, -0.25) is 0 Å². The van der Waals surface area contributed by atoms with Crippen molar-refractivity contribution in [2.75, 3.05) is 7.11 Å². The van der Waals surface area contributed by atoms with Crippen LogP contribution in [0.15, 0.2) is 59.2 Å². The number of rotatable bonds is 2. The molecule has 3 heteroatoms. The Morgan fingerprint density at radius 1 is 1.06 bits per heavy atom. The minimum Gasteiger partial charge on any atom is -0.495 e. The van der Waals surface area contributed by atoms with Gasteiger partial charge >= 0.3 is 0 Å². The molecule has 0 fully saturated rings. The lowest BCUT2D eigenvalue weighted by atomic mass is 10.2. The van der Waals surface area contributed by atoms with Crippen molar-refractivity contribution in [2.24, 2.45) is 0 Å². The number of aromatic nitrogens is 1. The fraction of sp³-hybridized carbons (Fsp3) is 0.0667. The van der Waals surface area contributed by atoms with E-state index in [2.05, 4.69) is 51.0 Å². The lowest BCUT2D eigenvalue weighted by Gasteiger charge is -2.08. The van der Waals surface area contributed by atoms with E-state index in [1.807, 2.05) is 24.3 Å². The first kappa shape index (κ1) is 11.4. The molecule has 0 aliphatic heterocycles. The number of ether oxygens (including phenoxy) is 1. The first-order valence-electron chi connectivity index (χ1n) is 5.69. The molecule has 0 atom stereocenters. The van der Waals surface area contributed by atoms with Gasteiger partial charge in [0.05, 0.1) is 17.1 Å². The average molecular weight is 302 g/mol. The predicted octanol–water partition coefficient (Wildman–Crippen LogP) is 4.40. The summed E-state index contributed by atoms with van der Waals surface area (Å²) in [5, 5.41) is 1.19. The second kappa shape index (κ2) is 4.50. The van der Waals surface area contributed by atoms with E-state index in [-0.39, 0.29) is 0 Å². The monoisotopic (exact) mass is 301 g/mol. The third kappa shape index (κ3) is 1.81. The Morgan fingerprint density at radius 3 is 2.56 bits per heavy atom. The molecule has 0 saturated carbocycles. The molecule has 2 aromatic carbocycles.